The maximum atomic E-state index is 13.0. The highest BCUT2D eigenvalue weighted by atomic mass is 32.2. The van der Waals surface area contributed by atoms with Crippen LogP contribution in [0.4, 0.5) is 37.7 Å². The van der Waals surface area contributed by atoms with Gasteiger partial charge in [0, 0.05) is 12.1 Å². The third-order valence-corrected chi connectivity index (χ3v) is 7.28. The third-order valence-electron chi connectivity index (χ3n) is 6.34. The van der Waals surface area contributed by atoms with Crippen LogP contribution in [0.2, 0.25) is 0 Å². The van der Waals surface area contributed by atoms with Gasteiger partial charge < -0.3 is 19.9 Å². The highest BCUT2D eigenvalue weighted by molar-refractivity contribution is 8.15. The zero-order valence-corrected chi connectivity index (χ0v) is 24.5. The van der Waals surface area contributed by atoms with Crippen molar-refractivity contribution in [2.75, 3.05) is 16.0 Å². The van der Waals surface area contributed by atoms with E-state index in [1.807, 2.05) is 0 Å². The number of carbonyl (C=O) groups is 1. The summed E-state index contributed by atoms with van der Waals surface area (Å²) in [6, 6.07) is 16.1. The standard InChI is InChI=1S/C29H24F6N6O4S/c1-17-2-12-23(45-29(33,34)35)22(14-17)41-25(42)15-46-27(41)38-26(43)37-19-6-3-18(4-7-19)5-13-24-36-16-40(39-24)20-8-10-21(11-9-20)44-28(30,31)32/h2-4,6-12,14,16,26,37,43H,5,13,15H2,1H3. The summed E-state index contributed by atoms with van der Waals surface area (Å²) in [6.45, 7) is 1.65. The van der Waals surface area contributed by atoms with E-state index in [0.29, 0.717) is 35.6 Å². The van der Waals surface area contributed by atoms with Gasteiger partial charge in [-0.1, -0.05) is 30.0 Å². The van der Waals surface area contributed by atoms with Crippen LogP contribution in [0, 0.1) is 6.92 Å². The van der Waals surface area contributed by atoms with Crippen molar-refractivity contribution in [3.05, 3.63) is 90.0 Å². The number of aliphatic imine (C=N–C) groups is 1. The summed E-state index contributed by atoms with van der Waals surface area (Å²) in [5, 5.41) is 17.7. The number of ether oxygens (including phenoxy) is 2. The number of halogens is 6. The highest BCUT2D eigenvalue weighted by Gasteiger charge is 2.37. The molecule has 0 bridgehead atoms. The quantitative estimate of drug-likeness (QED) is 0.157. The highest BCUT2D eigenvalue weighted by Crippen LogP contribution is 2.38. The zero-order chi connectivity index (χ0) is 33.1. The molecule has 1 fully saturated rings. The molecule has 2 N–H and O–H groups in total. The maximum Gasteiger partial charge on any atom is 0.573 e. The predicted octanol–water partition coefficient (Wildman–Crippen LogP) is 5.98. The normalized spacial score (nSPS) is 15.3. The van der Waals surface area contributed by atoms with Gasteiger partial charge in [0.2, 0.25) is 12.3 Å². The van der Waals surface area contributed by atoms with Crippen molar-refractivity contribution in [3.8, 4) is 17.2 Å². The summed E-state index contributed by atoms with van der Waals surface area (Å²) in [6.07, 6.45) is -8.82. The first-order chi connectivity index (χ1) is 21.7. The number of aryl methyl sites for hydroxylation is 3. The zero-order valence-electron chi connectivity index (χ0n) is 23.7. The van der Waals surface area contributed by atoms with Crippen LogP contribution in [0.25, 0.3) is 5.69 Å². The Morgan fingerprint density at radius 1 is 0.978 bits per heavy atom. The largest absolute Gasteiger partial charge is 0.573 e. The minimum Gasteiger partial charge on any atom is -0.406 e. The van der Waals surface area contributed by atoms with E-state index in [-0.39, 0.29) is 22.4 Å². The van der Waals surface area contributed by atoms with Gasteiger partial charge in [0.1, 0.15) is 12.1 Å². The molecule has 3 aromatic carbocycles. The number of hydrogen-bond donors (Lipinski definition) is 2. The van der Waals surface area contributed by atoms with E-state index in [4.69, 9.17) is 0 Å². The Balaban J connectivity index is 1.18. The fourth-order valence-electron chi connectivity index (χ4n) is 4.35. The molecule has 0 saturated carbocycles. The van der Waals surface area contributed by atoms with Crippen LogP contribution < -0.4 is 19.7 Å². The Morgan fingerprint density at radius 3 is 2.35 bits per heavy atom. The second-order valence-electron chi connectivity index (χ2n) is 9.81. The van der Waals surface area contributed by atoms with E-state index in [1.54, 1.807) is 31.2 Å². The summed E-state index contributed by atoms with van der Waals surface area (Å²) in [4.78, 5) is 22.0. The molecule has 0 spiro atoms. The molecule has 1 amide bonds. The number of anilines is 2. The van der Waals surface area contributed by atoms with Crippen LogP contribution in [0.3, 0.4) is 0 Å². The van der Waals surface area contributed by atoms with E-state index < -0.39 is 30.7 Å². The van der Waals surface area contributed by atoms with Gasteiger partial charge in [-0.25, -0.2) is 14.7 Å². The molecule has 0 radical (unpaired) electrons. The minimum absolute atomic E-state index is 0.00299. The number of carbonyl (C=O) groups excluding carboxylic acids is 1. The lowest BCUT2D eigenvalue weighted by Crippen LogP contribution is -2.32. The fourth-order valence-corrected chi connectivity index (χ4v) is 5.24. The van der Waals surface area contributed by atoms with Gasteiger partial charge in [0.25, 0.3) is 0 Å². The van der Waals surface area contributed by atoms with Crippen LogP contribution in [-0.2, 0) is 17.6 Å². The van der Waals surface area contributed by atoms with E-state index in [9.17, 15) is 36.2 Å². The molecule has 17 heteroatoms. The Bertz CT molecular complexity index is 1710. The maximum absolute atomic E-state index is 13.0. The van der Waals surface area contributed by atoms with E-state index in [2.05, 4.69) is 29.9 Å². The molecule has 10 nitrogen and oxygen atoms in total. The molecule has 1 aliphatic heterocycles. The summed E-state index contributed by atoms with van der Waals surface area (Å²) >= 11 is 0.964. The molecule has 4 aromatic rings. The van der Waals surface area contributed by atoms with Crippen LogP contribution in [0.5, 0.6) is 11.5 Å². The van der Waals surface area contributed by atoms with Crippen molar-refractivity contribution in [1.29, 1.82) is 0 Å². The number of aromatic nitrogens is 3. The Morgan fingerprint density at radius 2 is 1.67 bits per heavy atom. The van der Waals surface area contributed by atoms with E-state index in [0.717, 1.165) is 28.3 Å². The average molecular weight is 667 g/mol. The number of hydrogen-bond acceptors (Lipinski definition) is 9. The van der Waals surface area contributed by atoms with Crippen LogP contribution in [0.15, 0.2) is 78.0 Å². The summed E-state index contributed by atoms with van der Waals surface area (Å²) in [5.74, 6) is -1.02. The van der Waals surface area contributed by atoms with Crippen molar-refractivity contribution in [3.63, 3.8) is 0 Å². The Hall–Kier alpha value is -4.77. The summed E-state index contributed by atoms with van der Waals surface area (Å²) < 4.78 is 85.5. The SMILES string of the molecule is Cc1ccc(OC(F)(F)F)c(N2C(=O)CSC2=NC(O)Nc2ccc(CCc3ncn(-c4ccc(OC(F)(F)F)cc4)n3)cc2)c1. The molecule has 1 saturated heterocycles. The van der Waals surface area contributed by atoms with Gasteiger partial charge in [-0.05, 0) is 73.0 Å². The number of thioether (sulfide) groups is 1. The van der Waals surface area contributed by atoms with Crippen molar-refractivity contribution in [2.45, 2.75) is 38.8 Å². The molecule has 2 heterocycles. The predicted molar refractivity (Wildman–Crippen MR) is 157 cm³/mol. The first-order valence-electron chi connectivity index (χ1n) is 13.4. The number of alkyl halides is 6. The Labute approximate surface area is 261 Å². The average Bonchev–Trinajstić information content (AvgIpc) is 3.59. The number of benzene rings is 3. The van der Waals surface area contributed by atoms with Gasteiger partial charge in [0.05, 0.1) is 17.1 Å². The molecule has 242 valence electrons. The summed E-state index contributed by atoms with van der Waals surface area (Å²) in [7, 11) is 0. The third kappa shape index (κ3) is 8.69. The van der Waals surface area contributed by atoms with Gasteiger partial charge in [-0.15, -0.1) is 26.3 Å². The van der Waals surface area contributed by atoms with Gasteiger partial charge >= 0.3 is 12.7 Å². The molecule has 1 unspecified atom stereocenters. The number of aliphatic hydroxyl groups excluding tert-OH is 1. The number of nitrogens with one attached hydrogen (secondary N) is 1. The van der Waals surface area contributed by atoms with Crippen molar-refractivity contribution < 1.29 is 45.7 Å². The van der Waals surface area contributed by atoms with E-state index in [1.165, 1.54) is 47.4 Å². The molecule has 5 rings (SSSR count). The molecule has 46 heavy (non-hydrogen) atoms. The number of rotatable bonds is 10. The van der Waals surface area contributed by atoms with Crippen molar-refractivity contribution in [1.82, 2.24) is 14.8 Å². The topological polar surface area (TPSA) is 114 Å². The van der Waals surface area contributed by atoms with Gasteiger partial charge in [-0.2, -0.15) is 5.10 Å². The molecule has 1 aliphatic rings. The van der Waals surface area contributed by atoms with Crippen LogP contribution in [-0.4, -0.2) is 55.8 Å². The monoisotopic (exact) mass is 666 g/mol. The van der Waals surface area contributed by atoms with Gasteiger partial charge in [-0.3, -0.25) is 9.69 Å². The number of aliphatic hydroxyl groups is 1. The molecular weight excluding hydrogens is 642 g/mol. The smallest absolute Gasteiger partial charge is 0.406 e. The summed E-state index contributed by atoms with van der Waals surface area (Å²) in [5.41, 5.74) is 2.35. The van der Waals surface area contributed by atoms with Crippen molar-refractivity contribution in [2.24, 2.45) is 4.99 Å². The number of nitrogens with zero attached hydrogens (tertiary/aromatic N) is 5. The first-order valence-corrected chi connectivity index (χ1v) is 14.4. The van der Waals surface area contributed by atoms with Crippen molar-refractivity contribution >= 4 is 34.2 Å². The molecular formula is C29H24F6N6O4S. The minimum atomic E-state index is -4.98. The first kappa shape index (κ1) is 32.6. The molecule has 1 aromatic heterocycles. The number of amidine groups is 1. The molecule has 0 aliphatic carbocycles. The van der Waals surface area contributed by atoms with E-state index >= 15 is 0 Å². The van der Waals surface area contributed by atoms with Crippen LogP contribution in [0.1, 0.15) is 17.0 Å². The lowest BCUT2D eigenvalue weighted by atomic mass is 10.1. The second kappa shape index (κ2) is 13.3. The fraction of sp³-hybridized carbons (Fsp3) is 0.241. The second-order valence-corrected chi connectivity index (χ2v) is 10.8. The lowest BCUT2D eigenvalue weighted by Gasteiger charge is -2.22. The van der Waals surface area contributed by atoms with Gasteiger partial charge in [0.15, 0.2) is 16.7 Å². The Kier molecular flexibility index (Phi) is 9.43. The molecule has 1 atom stereocenters. The lowest BCUT2D eigenvalue weighted by molar-refractivity contribution is -0.275. The number of amides is 1. The van der Waals surface area contributed by atoms with Crippen LogP contribution >= 0.6 is 11.8 Å².